The summed E-state index contributed by atoms with van der Waals surface area (Å²) in [4.78, 5) is 36.0. The lowest BCUT2D eigenvalue weighted by Gasteiger charge is -2.07. The molecule has 0 spiro atoms. The fourth-order valence-corrected chi connectivity index (χ4v) is 2.30. The molecule has 2 rings (SSSR count). The number of aromatic nitrogens is 2. The maximum absolute atomic E-state index is 12.4. The quantitative estimate of drug-likeness (QED) is 0.600. The number of amides is 1. The molecule has 0 atom stereocenters. The van der Waals surface area contributed by atoms with Crippen LogP contribution in [0.25, 0.3) is 10.9 Å². The first-order valence-corrected chi connectivity index (χ1v) is 8.06. The molecule has 7 heteroatoms. The molecule has 1 aromatic carbocycles. The number of H-pyrrole nitrogens is 1. The average molecular weight is 331 g/mol. The summed E-state index contributed by atoms with van der Waals surface area (Å²) in [7, 11) is 0. The number of esters is 1. The number of rotatable bonds is 7. The van der Waals surface area contributed by atoms with E-state index in [-0.39, 0.29) is 23.6 Å². The number of ether oxygens (including phenoxy) is 1. The highest BCUT2D eigenvalue weighted by molar-refractivity contribution is 5.95. The summed E-state index contributed by atoms with van der Waals surface area (Å²) in [6, 6.07) is 4.86. The average Bonchev–Trinajstić information content (AvgIpc) is 2.56. The Bertz CT molecular complexity index is 798. The monoisotopic (exact) mass is 331 g/mol. The van der Waals surface area contributed by atoms with Crippen LogP contribution < -0.4 is 10.7 Å². The minimum absolute atomic E-state index is 0.0982. The summed E-state index contributed by atoms with van der Waals surface area (Å²) in [5.74, 6) is -0.867. The molecule has 2 N–H and O–H groups in total. The van der Waals surface area contributed by atoms with Gasteiger partial charge in [0.05, 0.1) is 17.5 Å². The molecule has 7 nitrogen and oxygen atoms in total. The normalized spacial score (nSPS) is 10.6. The topological polar surface area (TPSA) is 101 Å². The molecule has 0 saturated carbocycles. The number of anilines is 1. The van der Waals surface area contributed by atoms with Crippen LogP contribution in [0.3, 0.4) is 0 Å². The first-order valence-electron chi connectivity index (χ1n) is 8.06. The third-order valence-corrected chi connectivity index (χ3v) is 3.53. The second-order valence-electron chi connectivity index (χ2n) is 5.39. The Labute approximate surface area is 139 Å². The van der Waals surface area contributed by atoms with Crippen molar-refractivity contribution >= 4 is 28.5 Å². The third-order valence-electron chi connectivity index (χ3n) is 3.53. The fourth-order valence-electron chi connectivity index (χ4n) is 2.30. The zero-order chi connectivity index (χ0) is 17.5. The van der Waals surface area contributed by atoms with Crippen LogP contribution in [0.2, 0.25) is 0 Å². The van der Waals surface area contributed by atoms with Crippen molar-refractivity contribution in [3.63, 3.8) is 0 Å². The molecule has 1 amide bonds. The number of unbranched alkanes of at least 4 members (excludes halogenated alkanes) is 2. The Morgan fingerprint density at radius 2 is 2.04 bits per heavy atom. The molecule has 0 radical (unpaired) electrons. The van der Waals surface area contributed by atoms with Crippen molar-refractivity contribution in [2.45, 2.75) is 39.5 Å². The van der Waals surface area contributed by atoms with E-state index in [9.17, 15) is 14.4 Å². The van der Waals surface area contributed by atoms with Crippen LogP contribution in [0.5, 0.6) is 0 Å². The third kappa shape index (κ3) is 4.18. The molecular weight excluding hydrogens is 310 g/mol. The largest absolute Gasteiger partial charge is 0.461 e. The zero-order valence-electron chi connectivity index (χ0n) is 13.8. The minimum atomic E-state index is -0.769. The molecule has 0 aliphatic rings. The van der Waals surface area contributed by atoms with E-state index in [1.807, 2.05) is 0 Å². The van der Waals surface area contributed by atoms with E-state index < -0.39 is 11.4 Å². The number of carbonyl (C=O) groups is 2. The van der Waals surface area contributed by atoms with Crippen molar-refractivity contribution in [2.24, 2.45) is 0 Å². The molecule has 0 saturated heterocycles. The van der Waals surface area contributed by atoms with Gasteiger partial charge in [0.2, 0.25) is 17.0 Å². The van der Waals surface area contributed by atoms with Crippen LogP contribution in [0, 0.1) is 0 Å². The van der Waals surface area contributed by atoms with Gasteiger partial charge in [-0.05, 0) is 31.5 Å². The van der Waals surface area contributed by atoms with Gasteiger partial charge in [0.1, 0.15) is 0 Å². The van der Waals surface area contributed by atoms with Gasteiger partial charge < -0.3 is 10.1 Å². The molecule has 0 fully saturated rings. The Morgan fingerprint density at radius 1 is 1.25 bits per heavy atom. The standard InChI is InChI=1S/C17H21N3O4/c1-3-5-6-7-14(21)18-11-8-9-13-12(10-11)16(22)15(20-19-13)17(23)24-4-2/h8-10H,3-7H2,1-2H3,(H,18,21)(H,19,22). The van der Waals surface area contributed by atoms with E-state index in [4.69, 9.17) is 4.74 Å². The van der Waals surface area contributed by atoms with Crippen LogP contribution in [-0.2, 0) is 9.53 Å². The van der Waals surface area contributed by atoms with Crippen molar-refractivity contribution in [1.82, 2.24) is 10.2 Å². The smallest absolute Gasteiger partial charge is 0.362 e. The highest BCUT2D eigenvalue weighted by atomic mass is 16.5. The lowest BCUT2D eigenvalue weighted by atomic mass is 10.1. The molecule has 1 heterocycles. The first-order chi connectivity index (χ1) is 11.6. The van der Waals surface area contributed by atoms with Gasteiger partial charge in [-0.25, -0.2) is 4.79 Å². The first kappa shape index (κ1) is 17.7. The Hall–Kier alpha value is -2.70. The lowest BCUT2D eigenvalue weighted by Crippen LogP contribution is -2.21. The fraction of sp³-hybridized carbons (Fsp3) is 0.412. The van der Waals surface area contributed by atoms with E-state index in [1.54, 1.807) is 19.1 Å². The molecule has 24 heavy (non-hydrogen) atoms. The Morgan fingerprint density at radius 3 is 2.75 bits per heavy atom. The second kappa shape index (κ2) is 8.24. The highest BCUT2D eigenvalue weighted by Gasteiger charge is 2.16. The van der Waals surface area contributed by atoms with Gasteiger partial charge in [0.15, 0.2) is 0 Å². The number of benzene rings is 1. The summed E-state index contributed by atoms with van der Waals surface area (Å²) in [5.41, 5.74) is 0.174. The molecule has 2 aromatic rings. The predicted molar refractivity (Wildman–Crippen MR) is 91.1 cm³/mol. The van der Waals surface area contributed by atoms with Crippen molar-refractivity contribution in [3.05, 3.63) is 34.1 Å². The van der Waals surface area contributed by atoms with Crippen LogP contribution in [0.1, 0.15) is 50.0 Å². The number of aromatic amines is 1. The molecule has 128 valence electrons. The van der Waals surface area contributed by atoms with Gasteiger partial charge in [-0.1, -0.05) is 19.8 Å². The van der Waals surface area contributed by atoms with Gasteiger partial charge in [-0.3, -0.25) is 14.7 Å². The highest BCUT2D eigenvalue weighted by Crippen LogP contribution is 2.15. The molecule has 0 unspecified atom stereocenters. The van der Waals surface area contributed by atoms with Crippen LogP contribution in [-0.4, -0.2) is 28.7 Å². The summed E-state index contributed by atoms with van der Waals surface area (Å²) in [6.45, 7) is 3.88. The van der Waals surface area contributed by atoms with Gasteiger partial charge in [0, 0.05) is 12.1 Å². The number of nitrogens with zero attached hydrogens (tertiary/aromatic N) is 1. The zero-order valence-corrected chi connectivity index (χ0v) is 13.8. The van der Waals surface area contributed by atoms with E-state index in [2.05, 4.69) is 22.4 Å². The van der Waals surface area contributed by atoms with E-state index in [0.29, 0.717) is 17.6 Å². The summed E-state index contributed by atoms with van der Waals surface area (Å²) < 4.78 is 4.82. The molecular formula is C17H21N3O4. The Kier molecular flexibility index (Phi) is 6.06. The molecule has 0 bridgehead atoms. The second-order valence-corrected chi connectivity index (χ2v) is 5.39. The van der Waals surface area contributed by atoms with Gasteiger partial charge in [-0.2, -0.15) is 5.10 Å². The summed E-state index contributed by atoms with van der Waals surface area (Å²) >= 11 is 0. The molecule has 1 aromatic heterocycles. The maximum atomic E-state index is 12.4. The van der Waals surface area contributed by atoms with E-state index >= 15 is 0 Å². The van der Waals surface area contributed by atoms with Crippen LogP contribution in [0.4, 0.5) is 5.69 Å². The number of hydrogen-bond donors (Lipinski definition) is 2. The van der Waals surface area contributed by atoms with Crippen LogP contribution in [0.15, 0.2) is 23.0 Å². The predicted octanol–water partition coefficient (Wildman–Crippen LogP) is 2.62. The van der Waals surface area contributed by atoms with Crippen molar-refractivity contribution in [2.75, 3.05) is 11.9 Å². The van der Waals surface area contributed by atoms with Gasteiger partial charge in [-0.15, -0.1) is 0 Å². The number of carbonyl (C=O) groups excluding carboxylic acids is 2. The number of nitrogens with one attached hydrogen (secondary N) is 2. The van der Waals surface area contributed by atoms with E-state index in [1.165, 1.54) is 6.07 Å². The van der Waals surface area contributed by atoms with Gasteiger partial charge >= 0.3 is 5.97 Å². The SMILES string of the molecule is CCCCCC(=O)Nc1ccc2[nH]nc(C(=O)OCC)c(=O)c2c1. The molecule has 0 aliphatic carbocycles. The van der Waals surface area contributed by atoms with Crippen molar-refractivity contribution in [1.29, 1.82) is 0 Å². The number of hydrogen-bond acceptors (Lipinski definition) is 5. The van der Waals surface area contributed by atoms with E-state index in [0.717, 1.165) is 19.3 Å². The van der Waals surface area contributed by atoms with Gasteiger partial charge in [0.25, 0.3) is 0 Å². The lowest BCUT2D eigenvalue weighted by molar-refractivity contribution is -0.116. The summed E-state index contributed by atoms with van der Waals surface area (Å²) in [5, 5.41) is 9.47. The van der Waals surface area contributed by atoms with Crippen molar-refractivity contribution in [3.8, 4) is 0 Å². The van der Waals surface area contributed by atoms with Crippen LogP contribution >= 0.6 is 0 Å². The van der Waals surface area contributed by atoms with Crippen molar-refractivity contribution < 1.29 is 14.3 Å². The molecule has 0 aliphatic heterocycles. The number of fused-ring (bicyclic) bond motifs is 1. The summed E-state index contributed by atoms with van der Waals surface area (Å²) in [6.07, 6.45) is 3.31. The maximum Gasteiger partial charge on any atom is 0.362 e. The Balaban J connectivity index is 2.25. The minimum Gasteiger partial charge on any atom is -0.461 e.